The maximum atomic E-state index is 12.6. The Kier molecular flexibility index (Phi) is 7.27. The van der Waals surface area contributed by atoms with E-state index in [1.165, 1.54) is 4.68 Å². The lowest BCUT2D eigenvalue weighted by Crippen LogP contribution is -2.69. The molecular weight excluding hydrogens is 460 g/mol. The molecule has 1 fully saturated rings. The van der Waals surface area contributed by atoms with E-state index in [9.17, 15) is 29.4 Å². The minimum atomic E-state index is -1.52. The molecular formula is C18H18N6O6S2. The van der Waals surface area contributed by atoms with Gasteiger partial charge in [-0.15, -0.1) is 5.10 Å². The van der Waals surface area contributed by atoms with Crippen LogP contribution in [0.2, 0.25) is 0 Å². The van der Waals surface area contributed by atoms with E-state index >= 15 is 0 Å². The lowest BCUT2D eigenvalue weighted by molar-refractivity contribution is -0.151. The van der Waals surface area contributed by atoms with Crippen LogP contribution in [0.3, 0.4) is 0 Å². The maximum absolute atomic E-state index is 12.6. The van der Waals surface area contributed by atoms with Crippen LogP contribution in [-0.4, -0.2) is 76.6 Å². The quantitative estimate of drug-likeness (QED) is 0.117. The molecule has 1 aliphatic rings. The minimum Gasteiger partial charge on any atom is -0.477 e. The molecule has 0 aliphatic carbocycles. The number of aromatic nitrogens is 4. The molecule has 12 nitrogen and oxygen atoms in total. The summed E-state index contributed by atoms with van der Waals surface area (Å²) in [6.07, 6.45) is -1.19. The number of thioether (sulfide) groups is 1. The van der Waals surface area contributed by atoms with Gasteiger partial charge in [0.05, 0.1) is 0 Å². The van der Waals surface area contributed by atoms with E-state index in [1.54, 1.807) is 37.4 Å². The van der Waals surface area contributed by atoms with Crippen molar-refractivity contribution in [1.82, 2.24) is 30.4 Å². The molecule has 3 rings (SSSR count). The normalized spacial score (nSPS) is 19.6. The van der Waals surface area contributed by atoms with Crippen LogP contribution in [0.15, 0.2) is 46.8 Å². The molecule has 0 bridgehead atoms. The number of tetrazole rings is 1. The van der Waals surface area contributed by atoms with E-state index in [2.05, 4.69) is 33.5 Å². The first kappa shape index (κ1) is 23.4. The molecule has 0 saturated carbocycles. The number of carbonyl (C=O) groups excluding carboxylic acids is 3. The summed E-state index contributed by atoms with van der Waals surface area (Å²) >= 11 is 5.24. The van der Waals surface area contributed by atoms with Gasteiger partial charge in [0.1, 0.15) is 23.4 Å². The van der Waals surface area contributed by atoms with E-state index in [4.69, 9.17) is 0 Å². The maximum Gasteiger partial charge on any atom is 0.353 e. The molecule has 2 amide bonds. The molecule has 1 saturated heterocycles. The van der Waals surface area contributed by atoms with E-state index in [0.29, 0.717) is 17.0 Å². The molecule has 0 radical (unpaired) electrons. The highest BCUT2D eigenvalue weighted by molar-refractivity contribution is 7.99. The van der Waals surface area contributed by atoms with Crippen LogP contribution in [-0.2, 0) is 26.2 Å². The van der Waals surface area contributed by atoms with Gasteiger partial charge < -0.3 is 15.5 Å². The van der Waals surface area contributed by atoms with Gasteiger partial charge in [0, 0.05) is 18.4 Å². The second kappa shape index (κ2) is 9.93. The van der Waals surface area contributed by atoms with Gasteiger partial charge in [0.2, 0.25) is 5.16 Å². The Balaban J connectivity index is 1.74. The second-order valence-corrected chi connectivity index (χ2v) is 8.06. The van der Waals surface area contributed by atoms with Gasteiger partial charge in [-0.1, -0.05) is 42.1 Å². The van der Waals surface area contributed by atoms with Crippen LogP contribution in [0.5, 0.6) is 0 Å². The number of rotatable bonds is 9. The van der Waals surface area contributed by atoms with Crippen LogP contribution >= 0.6 is 24.4 Å². The Hall–Kier alpha value is -3.23. The molecule has 2 aromatic rings. The topological polar surface area (TPSA) is 168 Å². The third kappa shape index (κ3) is 4.66. The van der Waals surface area contributed by atoms with Gasteiger partial charge >= 0.3 is 5.97 Å². The average molecular weight is 479 g/mol. The lowest BCUT2D eigenvalue weighted by atomic mass is 10.0. The molecule has 0 unspecified atom stereocenters. The summed E-state index contributed by atoms with van der Waals surface area (Å²) in [6, 6.07) is 6.91. The summed E-state index contributed by atoms with van der Waals surface area (Å²) in [7, 11) is 1.57. The van der Waals surface area contributed by atoms with Crippen molar-refractivity contribution in [3.63, 3.8) is 0 Å². The zero-order valence-electron chi connectivity index (χ0n) is 16.5. The van der Waals surface area contributed by atoms with Crippen LogP contribution in [0.1, 0.15) is 11.7 Å². The molecule has 14 heteroatoms. The van der Waals surface area contributed by atoms with Crippen molar-refractivity contribution in [2.45, 2.75) is 22.7 Å². The zero-order chi connectivity index (χ0) is 23.4. The number of amides is 2. The van der Waals surface area contributed by atoms with Crippen LogP contribution in [0, 0.1) is 0 Å². The fourth-order valence-electron chi connectivity index (χ4n) is 2.91. The van der Waals surface area contributed by atoms with Crippen molar-refractivity contribution < 1.29 is 29.4 Å². The number of carbonyl (C=O) groups is 4. The zero-order valence-corrected chi connectivity index (χ0v) is 18.2. The molecule has 0 spiro atoms. The summed E-state index contributed by atoms with van der Waals surface area (Å²) in [5.74, 6) is -3.24. The number of benzene rings is 1. The summed E-state index contributed by atoms with van der Waals surface area (Å²) in [6.45, 7) is 0. The molecule has 1 aromatic heterocycles. The third-order valence-corrected chi connectivity index (χ3v) is 6.14. The van der Waals surface area contributed by atoms with Crippen molar-refractivity contribution in [2.24, 2.45) is 7.05 Å². The van der Waals surface area contributed by atoms with Gasteiger partial charge in [-0.2, -0.15) is 12.6 Å². The molecule has 2 heterocycles. The second-order valence-electron chi connectivity index (χ2n) is 6.59. The first-order chi connectivity index (χ1) is 15.3. The fourth-order valence-corrected chi connectivity index (χ4v) is 4.15. The predicted octanol–water partition coefficient (Wildman–Crippen LogP) is -0.844. The molecule has 1 aromatic carbocycles. The van der Waals surface area contributed by atoms with E-state index in [1.807, 2.05) is 0 Å². The number of thiol groups is 1. The lowest BCUT2D eigenvalue weighted by Gasteiger charge is -2.45. The molecule has 168 valence electrons. The van der Waals surface area contributed by atoms with Gasteiger partial charge in [0.25, 0.3) is 11.8 Å². The average Bonchev–Trinajstić information content (AvgIpc) is 3.21. The van der Waals surface area contributed by atoms with Gasteiger partial charge in [-0.3, -0.25) is 19.3 Å². The van der Waals surface area contributed by atoms with Crippen LogP contribution < -0.4 is 5.32 Å². The minimum absolute atomic E-state index is 0.118. The van der Waals surface area contributed by atoms with Crippen LogP contribution in [0.25, 0.3) is 0 Å². The molecule has 32 heavy (non-hydrogen) atoms. The number of aliphatic hydroxyl groups excluding tert-OH is 1. The molecule has 3 N–H and O–H groups in total. The number of hydrogen-bond acceptors (Lipinski definition) is 10. The highest BCUT2D eigenvalue weighted by Crippen LogP contribution is 2.31. The summed E-state index contributed by atoms with van der Waals surface area (Å²) in [4.78, 5) is 49.2. The highest BCUT2D eigenvalue weighted by atomic mass is 32.2. The Labute approximate surface area is 191 Å². The largest absolute Gasteiger partial charge is 0.477 e. The first-order valence-electron chi connectivity index (χ1n) is 9.07. The van der Waals surface area contributed by atoms with Crippen molar-refractivity contribution in [3.8, 4) is 0 Å². The number of aliphatic hydroxyl groups is 1. The van der Waals surface area contributed by atoms with Gasteiger partial charge in [0.15, 0.2) is 6.10 Å². The van der Waals surface area contributed by atoms with Crippen molar-refractivity contribution in [3.05, 3.63) is 47.2 Å². The number of nitrogens with one attached hydrogen (secondary N) is 1. The Bertz CT molecular complexity index is 1070. The number of aryl methyl sites for hydroxylation is 1. The summed E-state index contributed by atoms with van der Waals surface area (Å²) < 4.78 is 1.34. The highest BCUT2D eigenvalue weighted by Gasteiger charge is 2.50. The number of aldehydes is 1. The number of aliphatic carboxylic acids is 1. The third-order valence-electron chi connectivity index (χ3n) is 4.56. The van der Waals surface area contributed by atoms with Crippen molar-refractivity contribution in [2.75, 3.05) is 5.75 Å². The summed E-state index contributed by atoms with van der Waals surface area (Å²) in [5, 5.41) is 32.3. The molecule has 3 atom stereocenters. The van der Waals surface area contributed by atoms with Gasteiger partial charge in [-0.05, 0) is 16.0 Å². The Morgan fingerprint density at radius 1 is 1.34 bits per heavy atom. The van der Waals surface area contributed by atoms with Crippen molar-refractivity contribution >= 4 is 48.5 Å². The standard InChI is InChI=1S/C18H18N6O6S2/c1-23-18(20-21-22-23)32-8-10(7-25)12(17(29)30)24-15(28)11(16(24)31)19-14(27)13(26)9-5-3-2-4-6-9/h2-7,11,13,16,26,31H,8H2,1H3,(H,19,27)(H,29,30)/t11-,13-,16-/m1/s1. The summed E-state index contributed by atoms with van der Waals surface area (Å²) in [5.41, 5.74) is -0.414. The monoisotopic (exact) mass is 478 g/mol. The first-order valence-corrected chi connectivity index (χ1v) is 10.6. The van der Waals surface area contributed by atoms with Gasteiger partial charge in [-0.25, -0.2) is 9.48 Å². The number of carboxylic acids is 1. The van der Waals surface area contributed by atoms with E-state index in [-0.39, 0.29) is 11.3 Å². The number of hydrogen-bond donors (Lipinski definition) is 4. The van der Waals surface area contributed by atoms with Crippen molar-refractivity contribution in [1.29, 1.82) is 0 Å². The Morgan fingerprint density at radius 2 is 2.03 bits per heavy atom. The number of carboxylic acid groups (broad SMARTS) is 1. The number of nitrogens with zero attached hydrogens (tertiary/aromatic N) is 5. The predicted molar refractivity (Wildman–Crippen MR) is 113 cm³/mol. The Morgan fingerprint density at radius 3 is 2.56 bits per heavy atom. The molecule has 1 aliphatic heterocycles. The number of likely N-dealkylation sites (tertiary alicyclic amines) is 1. The smallest absolute Gasteiger partial charge is 0.353 e. The van der Waals surface area contributed by atoms with E-state index in [0.717, 1.165) is 16.7 Å². The number of β-lactam (4-membered cyclic amide) rings is 1. The van der Waals surface area contributed by atoms with Crippen LogP contribution in [0.4, 0.5) is 0 Å². The van der Waals surface area contributed by atoms with E-state index < -0.39 is 41.0 Å². The SMILES string of the molecule is Cn1nnnc1SCC(C=O)=C(C(=O)O)N1C(=O)[C@@H](NC(=O)[C@H](O)c2ccccc2)[C@H]1S. The fraction of sp³-hybridized carbons (Fsp3) is 0.278.